The van der Waals surface area contributed by atoms with Crippen LogP contribution in [0, 0.1) is 0 Å². The summed E-state index contributed by atoms with van der Waals surface area (Å²) < 4.78 is 9.89. The molecule has 13 heavy (non-hydrogen) atoms. The molecule has 1 rings (SSSR count). The first-order valence-corrected chi connectivity index (χ1v) is 4.84. The first-order valence-electron chi connectivity index (χ1n) is 4.84. The van der Waals surface area contributed by atoms with E-state index in [1.165, 1.54) is 13.0 Å². The van der Waals surface area contributed by atoms with Crippen LogP contribution in [0.25, 0.3) is 0 Å². The standard InChI is InChI=1S/C6H13NO.C4H10O/c1-7-4-3-6(5-7)8-2;1-4(2)5-3/h6H,3-5H2,1-2H3;4H,1-3H3. The molecular weight excluding hydrogens is 166 g/mol. The van der Waals surface area contributed by atoms with Crippen molar-refractivity contribution >= 4 is 0 Å². The van der Waals surface area contributed by atoms with Gasteiger partial charge in [0.05, 0.1) is 12.2 Å². The lowest BCUT2D eigenvalue weighted by atomic mass is 10.3. The Hall–Kier alpha value is -0.120. The van der Waals surface area contributed by atoms with Crippen LogP contribution in [-0.2, 0) is 9.47 Å². The van der Waals surface area contributed by atoms with Gasteiger partial charge in [-0.2, -0.15) is 0 Å². The molecule has 1 aliphatic heterocycles. The molecule has 0 aromatic rings. The highest BCUT2D eigenvalue weighted by molar-refractivity contribution is 4.71. The Balaban J connectivity index is 0.000000252. The molecule has 0 aromatic heterocycles. The number of nitrogens with zero attached hydrogens (tertiary/aromatic N) is 1. The summed E-state index contributed by atoms with van der Waals surface area (Å²) >= 11 is 0. The zero-order chi connectivity index (χ0) is 10.3. The number of likely N-dealkylation sites (tertiary alicyclic amines) is 1. The maximum atomic E-state index is 5.14. The monoisotopic (exact) mass is 189 g/mol. The van der Waals surface area contributed by atoms with Crippen LogP contribution in [0.2, 0.25) is 0 Å². The van der Waals surface area contributed by atoms with Crippen molar-refractivity contribution < 1.29 is 9.47 Å². The lowest BCUT2D eigenvalue weighted by Crippen LogP contribution is -2.17. The number of hydrogen-bond donors (Lipinski definition) is 0. The highest BCUT2D eigenvalue weighted by Gasteiger charge is 2.17. The summed E-state index contributed by atoms with van der Waals surface area (Å²) in [7, 11) is 5.60. The number of ether oxygens (including phenoxy) is 2. The summed E-state index contributed by atoms with van der Waals surface area (Å²) in [4.78, 5) is 2.29. The Labute approximate surface area is 82.0 Å². The minimum Gasteiger partial charge on any atom is -0.382 e. The second kappa shape index (κ2) is 7.30. The smallest absolute Gasteiger partial charge is 0.0710 e. The SMILES string of the molecule is COC(C)C.COC1CCN(C)C1. The van der Waals surface area contributed by atoms with Gasteiger partial charge in [0.15, 0.2) is 0 Å². The number of likely N-dealkylation sites (N-methyl/N-ethyl adjacent to an activating group) is 1. The van der Waals surface area contributed by atoms with Crippen molar-refractivity contribution in [2.75, 3.05) is 34.4 Å². The van der Waals surface area contributed by atoms with Gasteiger partial charge in [0.2, 0.25) is 0 Å². The number of rotatable bonds is 2. The summed E-state index contributed by atoms with van der Waals surface area (Å²) in [6.07, 6.45) is 2.09. The van der Waals surface area contributed by atoms with Gasteiger partial charge >= 0.3 is 0 Å². The van der Waals surface area contributed by atoms with Gasteiger partial charge in [0.25, 0.3) is 0 Å². The quantitative estimate of drug-likeness (QED) is 0.655. The van der Waals surface area contributed by atoms with Crippen LogP contribution in [0.15, 0.2) is 0 Å². The largest absolute Gasteiger partial charge is 0.382 e. The third-order valence-corrected chi connectivity index (χ3v) is 2.15. The zero-order valence-corrected chi connectivity index (χ0v) is 9.54. The van der Waals surface area contributed by atoms with Gasteiger partial charge in [-0.05, 0) is 27.3 Å². The lowest BCUT2D eigenvalue weighted by Gasteiger charge is -2.06. The summed E-state index contributed by atoms with van der Waals surface area (Å²) in [5.41, 5.74) is 0. The topological polar surface area (TPSA) is 21.7 Å². The van der Waals surface area contributed by atoms with Crippen LogP contribution >= 0.6 is 0 Å². The van der Waals surface area contributed by atoms with Gasteiger partial charge in [-0.3, -0.25) is 0 Å². The molecule has 1 unspecified atom stereocenters. The van der Waals surface area contributed by atoms with Crippen LogP contribution in [0.3, 0.4) is 0 Å². The summed E-state index contributed by atoms with van der Waals surface area (Å²) in [6.45, 7) is 6.30. The van der Waals surface area contributed by atoms with Gasteiger partial charge in [0.1, 0.15) is 0 Å². The van der Waals surface area contributed by atoms with E-state index in [1.807, 2.05) is 13.8 Å². The van der Waals surface area contributed by atoms with E-state index in [2.05, 4.69) is 11.9 Å². The minimum atomic E-state index is 0.384. The molecule has 0 amide bonds. The van der Waals surface area contributed by atoms with Gasteiger partial charge < -0.3 is 14.4 Å². The van der Waals surface area contributed by atoms with Crippen LogP contribution in [0.5, 0.6) is 0 Å². The normalized spacial score (nSPS) is 23.1. The van der Waals surface area contributed by atoms with Crippen LogP contribution in [0.1, 0.15) is 20.3 Å². The molecule has 1 atom stereocenters. The zero-order valence-electron chi connectivity index (χ0n) is 9.54. The Morgan fingerprint density at radius 3 is 2.00 bits per heavy atom. The number of methoxy groups -OCH3 is 2. The highest BCUT2D eigenvalue weighted by Crippen LogP contribution is 2.07. The molecule has 3 heteroatoms. The van der Waals surface area contributed by atoms with E-state index in [-0.39, 0.29) is 0 Å². The lowest BCUT2D eigenvalue weighted by molar-refractivity contribution is 0.111. The Morgan fingerprint density at radius 2 is 1.85 bits per heavy atom. The molecule has 1 saturated heterocycles. The maximum absolute atomic E-state index is 5.14. The van der Waals surface area contributed by atoms with E-state index in [0.29, 0.717) is 12.2 Å². The van der Waals surface area contributed by atoms with Crippen molar-refractivity contribution in [1.29, 1.82) is 0 Å². The van der Waals surface area contributed by atoms with E-state index in [0.717, 1.165) is 6.54 Å². The Morgan fingerprint density at radius 1 is 1.31 bits per heavy atom. The molecule has 0 spiro atoms. The summed E-state index contributed by atoms with van der Waals surface area (Å²) in [5, 5.41) is 0. The van der Waals surface area contributed by atoms with E-state index < -0.39 is 0 Å². The van der Waals surface area contributed by atoms with E-state index in [1.54, 1.807) is 14.2 Å². The molecular formula is C10H23NO2. The van der Waals surface area contributed by atoms with Gasteiger partial charge in [-0.1, -0.05) is 0 Å². The summed E-state index contributed by atoms with van der Waals surface area (Å²) in [5.74, 6) is 0. The molecule has 3 nitrogen and oxygen atoms in total. The van der Waals surface area contributed by atoms with Gasteiger partial charge in [0, 0.05) is 27.3 Å². The fourth-order valence-electron chi connectivity index (χ4n) is 1.09. The molecule has 0 saturated carbocycles. The van der Waals surface area contributed by atoms with Crippen molar-refractivity contribution in [1.82, 2.24) is 4.90 Å². The van der Waals surface area contributed by atoms with Crippen LogP contribution in [0.4, 0.5) is 0 Å². The predicted octanol–water partition coefficient (Wildman–Crippen LogP) is 1.38. The summed E-state index contributed by atoms with van der Waals surface area (Å²) in [6, 6.07) is 0. The highest BCUT2D eigenvalue weighted by atomic mass is 16.5. The van der Waals surface area contributed by atoms with Crippen molar-refractivity contribution in [2.24, 2.45) is 0 Å². The van der Waals surface area contributed by atoms with Crippen molar-refractivity contribution in [3.63, 3.8) is 0 Å². The van der Waals surface area contributed by atoms with E-state index in [9.17, 15) is 0 Å². The first-order chi connectivity index (χ1) is 6.10. The van der Waals surface area contributed by atoms with Crippen molar-refractivity contribution in [3.05, 3.63) is 0 Å². The van der Waals surface area contributed by atoms with Crippen LogP contribution < -0.4 is 0 Å². The molecule has 80 valence electrons. The first kappa shape index (κ1) is 12.9. The average molecular weight is 189 g/mol. The average Bonchev–Trinajstić information content (AvgIpc) is 2.52. The second-order valence-corrected chi connectivity index (χ2v) is 3.69. The van der Waals surface area contributed by atoms with Gasteiger partial charge in [-0.15, -0.1) is 0 Å². The molecule has 0 aromatic carbocycles. The van der Waals surface area contributed by atoms with Crippen molar-refractivity contribution in [3.8, 4) is 0 Å². The molecule has 0 radical (unpaired) electrons. The molecule has 1 fully saturated rings. The second-order valence-electron chi connectivity index (χ2n) is 3.69. The van der Waals surface area contributed by atoms with Gasteiger partial charge in [-0.25, -0.2) is 0 Å². The minimum absolute atomic E-state index is 0.384. The third-order valence-electron chi connectivity index (χ3n) is 2.15. The maximum Gasteiger partial charge on any atom is 0.0710 e. The Bertz CT molecular complexity index is 117. The predicted molar refractivity (Wildman–Crippen MR) is 55.1 cm³/mol. The van der Waals surface area contributed by atoms with E-state index >= 15 is 0 Å². The molecule has 1 heterocycles. The molecule has 0 bridgehead atoms. The number of hydrogen-bond acceptors (Lipinski definition) is 3. The molecule has 0 N–H and O–H groups in total. The van der Waals surface area contributed by atoms with E-state index in [4.69, 9.17) is 9.47 Å². The van der Waals surface area contributed by atoms with Crippen molar-refractivity contribution in [2.45, 2.75) is 32.5 Å². The molecule has 0 aliphatic carbocycles. The molecule has 1 aliphatic rings. The van der Waals surface area contributed by atoms with Crippen LogP contribution in [-0.4, -0.2) is 51.5 Å². The fraction of sp³-hybridized carbons (Fsp3) is 1.00. The Kier molecular flexibility index (Phi) is 7.23. The fourth-order valence-corrected chi connectivity index (χ4v) is 1.09. The third kappa shape index (κ3) is 6.99.